The normalized spacial score (nSPS) is 12.5. The first kappa shape index (κ1) is 24.2. The molecule has 0 atom stereocenters. The molecule has 0 saturated carbocycles. The summed E-state index contributed by atoms with van der Waals surface area (Å²) in [5, 5.41) is 17.7. The molecule has 0 fully saturated rings. The SMILES string of the molecule is C=C/C([B]C(=O)O)=C\C=C(/C=C)c1ccc(/C(C=C)=C/C=C(/[B]C(=O)O)C=C)cc1. The van der Waals surface area contributed by atoms with Crippen LogP contribution in [0.3, 0.4) is 0 Å². The Balaban J connectivity index is 3.17. The van der Waals surface area contributed by atoms with Crippen LogP contribution in [0.15, 0.2) is 110 Å². The molecule has 0 spiro atoms. The van der Waals surface area contributed by atoms with Crippen LogP contribution >= 0.6 is 0 Å². The van der Waals surface area contributed by atoms with Crippen molar-refractivity contribution in [2.45, 2.75) is 0 Å². The first-order valence-corrected chi connectivity index (χ1v) is 8.94. The van der Waals surface area contributed by atoms with Crippen molar-refractivity contribution in [3.63, 3.8) is 0 Å². The van der Waals surface area contributed by atoms with Gasteiger partial charge in [0.2, 0.25) is 11.7 Å². The molecule has 6 heteroatoms. The molecule has 2 radical (unpaired) electrons. The molecule has 0 amide bonds. The van der Waals surface area contributed by atoms with Crippen molar-refractivity contribution in [2.75, 3.05) is 0 Å². The van der Waals surface area contributed by atoms with Gasteiger partial charge in [-0.1, -0.05) is 110 Å². The largest absolute Gasteiger partial charge is 0.489 e. The Hall–Kier alpha value is -3.79. The zero-order valence-corrected chi connectivity index (χ0v) is 16.6. The fourth-order valence-electron chi connectivity index (χ4n) is 2.43. The number of hydrogen-bond donors (Lipinski definition) is 2. The Morgan fingerprint density at radius 3 is 1.20 bits per heavy atom. The second-order valence-corrected chi connectivity index (χ2v) is 5.94. The molecule has 4 nitrogen and oxygen atoms in total. The quantitative estimate of drug-likeness (QED) is 0.350. The van der Waals surface area contributed by atoms with Gasteiger partial charge in [0.1, 0.15) is 0 Å². The summed E-state index contributed by atoms with van der Waals surface area (Å²) in [6, 6.07) is 7.63. The van der Waals surface area contributed by atoms with E-state index in [9.17, 15) is 9.59 Å². The van der Waals surface area contributed by atoms with E-state index in [2.05, 4.69) is 26.3 Å². The van der Waals surface area contributed by atoms with E-state index in [-0.39, 0.29) is 0 Å². The van der Waals surface area contributed by atoms with Crippen molar-refractivity contribution in [1.29, 1.82) is 0 Å². The molecule has 0 unspecified atom stereocenters. The Labute approximate surface area is 178 Å². The van der Waals surface area contributed by atoms with Crippen LogP contribution in [0.2, 0.25) is 0 Å². The van der Waals surface area contributed by atoms with Crippen molar-refractivity contribution in [1.82, 2.24) is 0 Å². The van der Waals surface area contributed by atoms with E-state index in [1.807, 2.05) is 24.3 Å². The van der Waals surface area contributed by atoms with Gasteiger partial charge >= 0.3 is 0 Å². The molecule has 0 bridgehead atoms. The summed E-state index contributed by atoms with van der Waals surface area (Å²) in [6.45, 7) is 14.8. The summed E-state index contributed by atoms with van der Waals surface area (Å²) in [4.78, 5) is 21.6. The summed E-state index contributed by atoms with van der Waals surface area (Å²) in [5.74, 6) is -2.09. The molecule has 1 aromatic carbocycles. The number of hydrogen-bond acceptors (Lipinski definition) is 2. The van der Waals surface area contributed by atoms with Crippen LogP contribution in [-0.4, -0.2) is 36.5 Å². The van der Waals surface area contributed by atoms with Gasteiger partial charge in [-0.15, -0.1) is 0 Å². The van der Waals surface area contributed by atoms with Gasteiger partial charge in [0.05, 0.1) is 0 Å². The maximum atomic E-state index is 10.8. The summed E-state index contributed by atoms with van der Waals surface area (Å²) in [5.41, 5.74) is 4.36. The minimum Gasteiger partial charge on any atom is -0.489 e. The molecule has 0 aliphatic rings. The number of allylic oxidation sites excluding steroid dienone is 12. The summed E-state index contributed by atoms with van der Waals surface area (Å²) >= 11 is 0. The van der Waals surface area contributed by atoms with E-state index in [0.717, 1.165) is 36.8 Å². The lowest BCUT2D eigenvalue weighted by Crippen LogP contribution is -2.06. The lowest BCUT2D eigenvalue weighted by molar-refractivity contribution is 0.219. The van der Waals surface area contributed by atoms with Crippen molar-refractivity contribution in [3.05, 3.63) is 121 Å². The van der Waals surface area contributed by atoms with Gasteiger partial charge in [-0.25, -0.2) is 0 Å². The van der Waals surface area contributed by atoms with Crippen LogP contribution in [0.25, 0.3) is 11.1 Å². The highest BCUT2D eigenvalue weighted by atomic mass is 16.4. The van der Waals surface area contributed by atoms with Gasteiger partial charge in [-0.05, 0) is 22.3 Å². The predicted octanol–water partition coefficient (Wildman–Crippen LogP) is 5.73. The number of benzene rings is 1. The Kier molecular flexibility index (Phi) is 10.2. The second kappa shape index (κ2) is 12.6. The molecule has 0 aromatic heterocycles. The molecular weight excluding hydrogens is 374 g/mol. The predicted molar refractivity (Wildman–Crippen MR) is 127 cm³/mol. The molecule has 2 N–H and O–H groups in total. The number of carbonyl (C=O) groups is 2. The molecular formula is C24H22B2O4. The van der Waals surface area contributed by atoms with Crippen LogP contribution in [0.5, 0.6) is 0 Å². The van der Waals surface area contributed by atoms with E-state index in [1.165, 1.54) is 12.2 Å². The van der Waals surface area contributed by atoms with E-state index in [4.69, 9.17) is 10.2 Å². The van der Waals surface area contributed by atoms with Gasteiger partial charge in [0, 0.05) is 0 Å². The van der Waals surface area contributed by atoms with Crippen LogP contribution in [0.1, 0.15) is 11.1 Å². The van der Waals surface area contributed by atoms with E-state index < -0.39 is 11.7 Å². The fourth-order valence-corrected chi connectivity index (χ4v) is 2.43. The van der Waals surface area contributed by atoms with Gasteiger partial charge < -0.3 is 10.2 Å². The minimum atomic E-state index is -1.04. The third-order valence-corrected chi connectivity index (χ3v) is 3.95. The third kappa shape index (κ3) is 8.07. The number of carboxylic acid groups (broad SMARTS) is 2. The van der Waals surface area contributed by atoms with Gasteiger partial charge in [0.15, 0.2) is 0 Å². The first-order valence-electron chi connectivity index (χ1n) is 8.94. The zero-order valence-electron chi connectivity index (χ0n) is 16.6. The van der Waals surface area contributed by atoms with Gasteiger partial charge in [-0.3, -0.25) is 9.59 Å². The molecule has 0 saturated heterocycles. The zero-order chi connectivity index (χ0) is 22.5. The van der Waals surface area contributed by atoms with Crippen molar-refractivity contribution in [3.8, 4) is 0 Å². The highest BCUT2D eigenvalue weighted by Gasteiger charge is 2.05. The molecule has 148 valence electrons. The Morgan fingerprint density at radius 1 is 0.633 bits per heavy atom. The maximum absolute atomic E-state index is 10.8. The highest BCUT2D eigenvalue weighted by molar-refractivity contribution is 6.78. The van der Waals surface area contributed by atoms with Gasteiger partial charge in [0.25, 0.3) is 14.6 Å². The van der Waals surface area contributed by atoms with Crippen LogP contribution in [-0.2, 0) is 0 Å². The van der Waals surface area contributed by atoms with Crippen LogP contribution in [0, 0.1) is 0 Å². The number of rotatable bonds is 12. The van der Waals surface area contributed by atoms with Crippen molar-refractivity contribution < 1.29 is 19.8 Å². The van der Waals surface area contributed by atoms with Gasteiger partial charge in [-0.2, -0.15) is 0 Å². The molecule has 0 aliphatic heterocycles. The van der Waals surface area contributed by atoms with Crippen molar-refractivity contribution >= 4 is 37.4 Å². The molecule has 30 heavy (non-hydrogen) atoms. The van der Waals surface area contributed by atoms with E-state index in [1.54, 1.807) is 36.5 Å². The second-order valence-electron chi connectivity index (χ2n) is 5.94. The average molecular weight is 396 g/mol. The standard InChI is InChI=1S/C24H22B2O4/c1-5-17(13-15-21(7-3)25-23(27)28)19-9-11-20(12-10-19)18(6-2)14-16-22(8-4)26-24(29)30/h5-16H,1-4H2,(H,27,28)(H,29,30)/b17-13+,18-14+,21-15+,22-16+. The monoisotopic (exact) mass is 396 g/mol. The fraction of sp³-hybridized carbons (Fsp3) is 0. The topological polar surface area (TPSA) is 74.6 Å². The average Bonchev–Trinajstić information content (AvgIpc) is 2.73. The minimum absolute atomic E-state index is 0.471. The summed E-state index contributed by atoms with van der Waals surface area (Å²) in [7, 11) is 2.14. The first-order chi connectivity index (χ1) is 14.3. The molecule has 0 aliphatic carbocycles. The molecule has 0 heterocycles. The van der Waals surface area contributed by atoms with E-state index in [0.29, 0.717) is 10.9 Å². The lowest BCUT2D eigenvalue weighted by Gasteiger charge is -2.06. The smallest absolute Gasteiger partial charge is 0.299 e. The van der Waals surface area contributed by atoms with Crippen LogP contribution < -0.4 is 0 Å². The lowest BCUT2D eigenvalue weighted by atomic mass is 9.69. The Morgan fingerprint density at radius 2 is 0.967 bits per heavy atom. The third-order valence-electron chi connectivity index (χ3n) is 3.95. The summed E-state index contributed by atoms with van der Waals surface area (Å²) in [6.07, 6.45) is 13.1. The highest BCUT2D eigenvalue weighted by Crippen LogP contribution is 2.21. The van der Waals surface area contributed by atoms with Crippen molar-refractivity contribution in [2.24, 2.45) is 0 Å². The molecule has 1 aromatic rings. The molecule has 1 rings (SSSR count). The van der Waals surface area contributed by atoms with E-state index >= 15 is 0 Å². The van der Waals surface area contributed by atoms with Crippen LogP contribution in [0.4, 0.5) is 9.59 Å². The maximum Gasteiger partial charge on any atom is 0.299 e. The Bertz CT molecular complexity index is 882. The summed E-state index contributed by atoms with van der Waals surface area (Å²) < 4.78 is 0.